The number of urea groups is 1. The normalized spacial score (nSPS) is 17.0. The largest absolute Gasteiger partial charge is 0.435 e. The van der Waals surface area contributed by atoms with Gasteiger partial charge in [-0.25, -0.2) is 4.79 Å². The maximum absolute atomic E-state index is 12.3. The van der Waals surface area contributed by atoms with Gasteiger partial charge in [0.2, 0.25) is 0 Å². The smallest absolute Gasteiger partial charge is 0.387 e. The van der Waals surface area contributed by atoms with Crippen LogP contribution in [0.25, 0.3) is 0 Å². The Morgan fingerprint density at radius 2 is 2.09 bits per heavy atom. The predicted molar refractivity (Wildman–Crippen MR) is 84.8 cm³/mol. The third-order valence-electron chi connectivity index (χ3n) is 4.28. The maximum Gasteiger partial charge on any atom is 0.387 e. The van der Waals surface area contributed by atoms with Gasteiger partial charge < -0.3 is 15.4 Å². The molecule has 1 aromatic carbocycles. The highest BCUT2D eigenvalue weighted by molar-refractivity contribution is 5.75. The molecule has 2 rings (SSSR count). The number of benzene rings is 1. The molecule has 0 aliphatic heterocycles. The van der Waals surface area contributed by atoms with Gasteiger partial charge in [0, 0.05) is 6.04 Å². The molecule has 6 heteroatoms. The standard InChI is InChI=1S/C17H24F2N2O2/c1-3-12(4-2)20-17(22)21-15-7-5-6-11-10-13(23-16(18)19)8-9-14(11)15/h8-10,12,15-16H,3-7H2,1-2H3,(H2,20,21,22). The van der Waals surface area contributed by atoms with E-state index in [4.69, 9.17) is 0 Å². The topological polar surface area (TPSA) is 50.4 Å². The average molecular weight is 326 g/mol. The summed E-state index contributed by atoms with van der Waals surface area (Å²) in [5.41, 5.74) is 1.94. The van der Waals surface area contributed by atoms with Gasteiger partial charge in [-0.1, -0.05) is 19.9 Å². The number of ether oxygens (including phenoxy) is 1. The van der Waals surface area contributed by atoms with Crippen LogP contribution >= 0.6 is 0 Å². The van der Waals surface area contributed by atoms with E-state index in [0.29, 0.717) is 0 Å². The number of hydrogen-bond donors (Lipinski definition) is 2. The molecular weight excluding hydrogens is 302 g/mol. The van der Waals surface area contributed by atoms with Gasteiger partial charge in [-0.2, -0.15) is 8.78 Å². The van der Waals surface area contributed by atoms with Crippen molar-refractivity contribution in [1.29, 1.82) is 0 Å². The van der Waals surface area contributed by atoms with Gasteiger partial charge in [0.25, 0.3) is 0 Å². The van der Waals surface area contributed by atoms with Crippen molar-refractivity contribution in [2.24, 2.45) is 0 Å². The first kappa shape index (κ1) is 17.5. The third kappa shape index (κ3) is 4.81. The summed E-state index contributed by atoms with van der Waals surface area (Å²) in [6, 6.07) is 4.85. The first-order valence-electron chi connectivity index (χ1n) is 8.18. The van der Waals surface area contributed by atoms with Crippen LogP contribution in [0.5, 0.6) is 5.75 Å². The number of amides is 2. The van der Waals surface area contributed by atoms with Gasteiger partial charge >= 0.3 is 12.6 Å². The lowest BCUT2D eigenvalue weighted by atomic mass is 9.87. The molecule has 0 aromatic heterocycles. The van der Waals surface area contributed by atoms with Gasteiger partial charge in [0.15, 0.2) is 0 Å². The molecule has 1 aliphatic carbocycles. The number of carbonyl (C=O) groups is 1. The van der Waals surface area contributed by atoms with Crippen LogP contribution in [0.3, 0.4) is 0 Å². The number of aryl methyl sites for hydroxylation is 1. The molecule has 1 aromatic rings. The zero-order valence-electron chi connectivity index (χ0n) is 13.6. The van der Waals surface area contributed by atoms with Gasteiger partial charge in [-0.15, -0.1) is 0 Å². The van der Waals surface area contributed by atoms with E-state index in [1.54, 1.807) is 12.1 Å². The summed E-state index contributed by atoms with van der Waals surface area (Å²) in [4.78, 5) is 12.1. The van der Waals surface area contributed by atoms with Gasteiger partial charge in [0.1, 0.15) is 5.75 Å². The lowest BCUT2D eigenvalue weighted by molar-refractivity contribution is -0.0499. The van der Waals surface area contributed by atoms with Crippen LogP contribution in [0.1, 0.15) is 56.7 Å². The second kappa shape index (κ2) is 8.13. The van der Waals surface area contributed by atoms with Crippen molar-refractivity contribution >= 4 is 6.03 Å². The molecule has 4 nitrogen and oxygen atoms in total. The predicted octanol–water partition coefficient (Wildman–Crippen LogP) is 4.15. The van der Waals surface area contributed by atoms with E-state index < -0.39 is 6.61 Å². The Kier molecular flexibility index (Phi) is 6.19. The van der Waals surface area contributed by atoms with E-state index in [9.17, 15) is 13.6 Å². The molecule has 1 unspecified atom stereocenters. The van der Waals surface area contributed by atoms with Crippen molar-refractivity contribution < 1.29 is 18.3 Å². The zero-order chi connectivity index (χ0) is 16.8. The van der Waals surface area contributed by atoms with Crippen LogP contribution in [-0.2, 0) is 6.42 Å². The average Bonchev–Trinajstić information content (AvgIpc) is 2.52. The summed E-state index contributed by atoms with van der Waals surface area (Å²) in [5.74, 6) is 0.167. The molecule has 0 radical (unpaired) electrons. The summed E-state index contributed by atoms with van der Waals surface area (Å²) in [7, 11) is 0. The highest BCUT2D eigenvalue weighted by atomic mass is 19.3. The number of hydrogen-bond acceptors (Lipinski definition) is 2. The molecule has 128 valence electrons. The monoisotopic (exact) mass is 326 g/mol. The number of alkyl halides is 2. The van der Waals surface area contributed by atoms with Crippen molar-refractivity contribution in [3.8, 4) is 5.75 Å². The SMILES string of the molecule is CCC(CC)NC(=O)NC1CCCc2cc(OC(F)F)ccc21. The minimum absolute atomic E-state index is 0.0892. The number of halogens is 2. The summed E-state index contributed by atoms with van der Waals surface area (Å²) in [6.45, 7) is 1.25. The molecule has 2 amide bonds. The second-order valence-electron chi connectivity index (χ2n) is 5.82. The van der Waals surface area contributed by atoms with E-state index in [0.717, 1.165) is 43.2 Å². The molecule has 0 saturated carbocycles. The summed E-state index contributed by atoms with van der Waals surface area (Å²) in [5, 5.41) is 5.95. The Hall–Kier alpha value is -1.85. The molecule has 23 heavy (non-hydrogen) atoms. The van der Waals surface area contributed by atoms with E-state index >= 15 is 0 Å². The van der Waals surface area contributed by atoms with Crippen molar-refractivity contribution in [1.82, 2.24) is 10.6 Å². The lowest BCUT2D eigenvalue weighted by Gasteiger charge is -2.27. The first-order valence-corrected chi connectivity index (χ1v) is 8.18. The number of carbonyl (C=O) groups excluding carboxylic acids is 1. The highest BCUT2D eigenvalue weighted by Gasteiger charge is 2.23. The zero-order valence-corrected chi connectivity index (χ0v) is 13.6. The molecule has 0 bridgehead atoms. The van der Waals surface area contributed by atoms with Crippen LogP contribution in [-0.4, -0.2) is 18.7 Å². The van der Waals surface area contributed by atoms with Crippen molar-refractivity contribution in [3.05, 3.63) is 29.3 Å². The molecule has 2 N–H and O–H groups in total. The molecule has 0 spiro atoms. The third-order valence-corrected chi connectivity index (χ3v) is 4.28. The summed E-state index contributed by atoms with van der Waals surface area (Å²) >= 11 is 0. The van der Waals surface area contributed by atoms with Crippen LogP contribution in [0.15, 0.2) is 18.2 Å². The number of nitrogens with one attached hydrogen (secondary N) is 2. The molecule has 0 heterocycles. The minimum Gasteiger partial charge on any atom is -0.435 e. The molecule has 1 atom stereocenters. The number of fused-ring (bicyclic) bond motifs is 1. The minimum atomic E-state index is -2.82. The van der Waals surface area contributed by atoms with Crippen LogP contribution in [0.4, 0.5) is 13.6 Å². The maximum atomic E-state index is 12.3. The summed E-state index contributed by atoms with van der Waals surface area (Å²) < 4.78 is 29.1. The van der Waals surface area contributed by atoms with Crippen LogP contribution in [0.2, 0.25) is 0 Å². The number of rotatable bonds is 6. The lowest BCUT2D eigenvalue weighted by Crippen LogP contribution is -2.43. The Labute approximate surface area is 135 Å². The highest BCUT2D eigenvalue weighted by Crippen LogP contribution is 2.32. The fourth-order valence-corrected chi connectivity index (χ4v) is 2.99. The fourth-order valence-electron chi connectivity index (χ4n) is 2.99. The second-order valence-corrected chi connectivity index (χ2v) is 5.82. The van der Waals surface area contributed by atoms with Crippen LogP contribution in [0, 0.1) is 0 Å². The van der Waals surface area contributed by atoms with E-state index in [2.05, 4.69) is 15.4 Å². The van der Waals surface area contributed by atoms with E-state index in [-0.39, 0.29) is 23.9 Å². The molecule has 1 aliphatic rings. The fraction of sp³-hybridized carbons (Fsp3) is 0.588. The van der Waals surface area contributed by atoms with Crippen molar-refractivity contribution in [2.45, 2.75) is 64.6 Å². The first-order chi connectivity index (χ1) is 11.0. The Balaban J connectivity index is 2.05. The van der Waals surface area contributed by atoms with Crippen LogP contribution < -0.4 is 15.4 Å². The Morgan fingerprint density at radius 3 is 2.74 bits per heavy atom. The van der Waals surface area contributed by atoms with Gasteiger partial charge in [-0.05, 0) is 55.4 Å². The van der Waals surface area contributed by atoms with E-state index in [1.165, 1.54) is 6.07 Å². The van der Waals surface area contributed by atoms with Crippen molar-refractivity contribution in [3.63, 3.8) is 0 Å². The quantitative estimate of drug-likeness (QED) is 0.825. The summed E-state index contributed by atoms with van der Waals surface area (Å²) in [6.07, 6.45) is 4.33. The molecular formula is C17H24F2N2O2. The van der Waals surface area contributed by atoms with Gasteiger partial charge in [0.05, 0.1) is 6.04 Å². The Morgan fingerprint density at radius 1 is 1.35 bits per heavy atom. The molecule has 0 fully saturated rings. The van der Waals surface area contributed by atoms with Gasteiger partial charge in [-0.3, -0.25) is 0 Å². The van der Waals surface area contributed by atoms with E-state index in [1.807, 2.05) is 13.8 Å². The Bertz CT molecular complexity index is 533. The van der Waals surface area contributed by atoms with Crippen molar-refractivity contribution in [2.75, 3.05) is 0 Å². The molecule has 0 saturated heterocycles.